The van der Waals surface area contributed by atoms with Crippen molar-refractivity contribution in [3.05, 3.63) is 39.8 Å². The van der Waals surface area contributed by atoms with Gasteiger partial charge >= 0.3 is 5.97 Å². The summed E-state index contributed by atoms with van der Waals surface area (Å²) < 4.78 is 19.1. The van der Waals surface area contributed by atoms with Crippen LogP contribution >= 0.6 is 23.2 Å². The van der Waals surface area contributed by atoms with Crippen LogP contribution in [-0.2, 0) is 0 Å². The molecule has 110 valence electrons. The molecule has 1 heterocycles. The van der Waals surface area contributed by atoms with Crippen LogP contribution in [0.25, 0.3) is 11.3 Å². The van der Waals surface area contributed by atoms with Gasteiger partial charge in [-0.2, -0.15) is 0 Å². The molecule has 0 bridgehead atoms. The average molecular weight is 331 g/mol. The molecule has 8 heteroatoms. The molecule has 0 aliphatic heterocycles. The number of halogens is 3. The number of nitrogens with two attached hydrogens (primary N) is 1. The quantitative estimate of drug-likeness (QED) is 0.899. The Hall–Kier alpha value is -2.05. The van der Waals surface area contributed by atoms with Gasteiger partial charge in [-0.05, 0) is 12.1 Å². The molecule has 0 atom stereocenters. The highest BCUT2D eigenvalue weighted by Crippen LogP contribution is 2.35. The van der Waals surface area contributed by atoms with E-state index < -0.39 is 23.2 Å². The molecule has 0 amide bonds. The predicted octanol–water partition coefficient (Wildman–Crippen LogP) is 3.48. The van der Waals surface area contributed by atoms with Gasteiger partial charge in [-0.15, -0.1) is 0 Å². The molecular weight excluding hydrogens is 322 g/mol. The minimum absolute atomic E-state index is 0.182. The fraction of sp³-hybridized carbons (Fsp3) is 0.0769. The van der Waals surface area contributed by atoms with Gasteiger partial charge in [0.2, 0.25) is 0 Å². The van der Waals surface area contributed by atoms with E-state index in [1.54, 1.807) is 0 Å². The second-order valence-electron chi connectivity index (χ2n) is 4.00. The number of carboxylic acid groups (broad SMARTS) is 1. The molecule has 0 spiro atoms. The third kappa shape index (κ3) is 2.72. The maximum Gasteiger partial charge on any atom is 0.358 e. The van der Waals surface area contributed by atoms with Gasteiger partial charge in [0.1, 0.15) is 11.4 Å². The lowest BCUT2D eigenvalue weighted by atomic mass is 10.1. The Bertz CT molecular complexity index is 738. The first kappa shape index (κ1) is 15.3. The van der Waals surface area contributed by atoms with Crippen molar-refractivity contribution in [3.63, 3.8) is 0 Å². The number of rotatable bonds is 3. The van der Waals surface area contributed by atoms with Crippen LogP contribution in [0.1, 0.15) is 10.5 Å². The standard InChI is InChI=1S/C13H9Cl2FN2O3/c1-21-12-9(17)8(16)10(18-11(12)13(19)20)5-2-3-6(14)7(15)4-5/h2-4H,1H3,(H2,17,18)(H,19,20). The summed E-state index contributed by atoms with van der Waals surface area (Å²) in [5, 5.41) is 9.58. The first-order chi connectivity index (χ1) is 9.86. The number of nitrogen functional groups attached to an aromatic ring is 1. The number of carboxylic acids is 1. The first-order valence-corrected chi connectivity index (χ1v) is 6.34. The number of aromatic nitrogens is 1. The Morgan fingerprint density at radius 1 is 1.38 bits per heavy atom. The van der Waals surface area contributed by atoms with E-state index >= 15 is 0 Å². The normalized spacial score (nSPS) is 10.5. The fourth-order valence-electron chi connectivity index (χ4n) is 1.75. The topological polar surface area (TPSA) is 85.4 Å². The molecule has 0 radical (unpaired) electrons. The number of ether oxygens (including phenoxy) is 1. The molecule has 3 N–H and O–H groups in total. The third-order valence-corrected chi connectivity index (χ3v) is 3.47. The van der Waals surface area contributed by atoms with Gasteiger partial charge in [0.15, 0.2) is 17.3 Å². The van der Waals surface area contributed by atoms with E-state index in [1.165, 1.54) is 25.3 Å². The monoisotopic (exact) mass is 330 g/mol. The maximum atomic E-state index is 14.3. The molecule has 1 aromatic carbocycles. The molecule has 0 fully saturated rings. The van der Waals surface area contributed by atoms with Crippen molar-refractivity contribution in [2.45, 2.75) is 0 Å². The van der Waals surface area contributed by atoms with Crippen molar-refractivity contribution in [2.24, 2.45) is 0 Å². The average Bonchev–Trinajstić information content (AvgIpc) is 2.44. The number of hydrogen-bond acceptors (Lipinski definition) is 4. The van der Waals surface area contributed by atoms with E-state index in [0.29, 0.717) is 0 Å². The Labute approximate surface area is 129 Å². The number of nitrogens with zero attached hydrogens (tertiary/aromatic N) is 1. The van der Waals surface area contributed by atoms with Crippen LogP contribution in [0, 0.1) is 5.82 Å². The minimum Gasteiger partial charge on any atom is -0.492 e. The highest BCUT2D eigenvalue weighted by Gasteiger charge is 2.24. The third-order valence-electron chi connectivity index (χ3n) is 2.73. The summed E-state index contributed by atoms with van der Waals surface area (Å²) in [6.07, 6.45) is 0. The maximum absolute atomic E-state index is 14.3. The van der Waals surface area contributed by atoms with Gasteiger partial charge in [-0.3, -0.25) is 0 Å². The molecule has 0 aliphatic carbocycles. The van der Waals surface area contributed by atoms with E-state index in [0.717, 1.165) is 0 Å². The van der Waals surface area contributed by atoms with Gasteiger partial charge in [0.25, 0.3) is 0 Å². The predicted molar refractivity (Wildman–Crippen MR) is 77.6 cm³/mol. The van der Waals surface area contributed by atoms with Gasteiger partial charge < -0.3 is 15.6 Å². The molecule has 2 rings (SSSR count). The van der Waals surface area contributed by atoms with E-state index in [2.05, 4.69) is 4.98 Å². The van der Waals surface area contributed by atoms with Crippen LogP contribution in [-0.4, -0.2) is 23.2 Å². The zero-order chi connectivity index (χ0) is 15.7. The summed E-state index contributed by atoms with van der Waals surface area (Å²) in [6, 6.07) is 4.27. The number of pyridine rings is 1. The Morgan fingerprint density at radius 2 is 2.05 bits per heavy atom. The number of methoxy groups -OCH3 is 1. The van der Waals surface area contributed by atoms with E-state index in [9.17, 15) is 9.18 Å². The van der Waals surface area contributed by atoms with E-state index in [4.69, 9.17) is 38.8 Å². The Morgan fingerprint density at radius 3 is 2.57 bits per heavy atom. The number of anilines is 1. The molecule has 21 heavy (non-hydrogen) atoms. The minimum atomic E-state index is -1.39. The summed E-state index contributed by atoms with van der Waals surface area (Å²) in [5.74, 6) is -2.61. The Balaban J connectivity index is 2.74. The number of carbonyl (C=O) groups is 1. The van der Waals surface area contributed by atoms with Crippen LogP contribution in [0.15, 0.2) is 18.2 Å². The second-order valence-corrected chi connectivity index (χ2v) is 4.82. The number of aromatic carboxylic acids is 1. The lowest BCUT2D eigenvalue weighted by Gasteiger charge is -2.12. The molecule has 1 aromatic heterocycles. The van der Waals surface area contributed by atoms with Crippen molar-refractivity contribution in [2.75, 3.05) is 12.8 Å². The molecule has 0 saturated carbocycles. The first-order valence-electron chi connectivity index (χ1n) is 5.58. The highest BCUT2D eigenvalue weighted by atomic mass is 35.5. The van der Waals surface area contributed by atoms with Gasteiger partial charge in [0, 0.05) is 5.56 Å². The summed E-state index contributed by atoms with van der Waals surface area (Å²) in [4.78, 5) is 14.9. The van der Waals surface area contributed by atoms with Crippen molar-refractivity contribution in [1.82, 2.24) is 4.98 Å². The van der Waals surface area contributed by atoms with Crippen molar-refractivity contribution in [3.8, 4) is 17.0 Å². The van der Waals surface area contributed by atoms with Crippen LogP contribution in [0.5, 0.6) is 5.75 Å². The summed E-state index contributed by atoms with van der Waals surface area (Å²) in [6.45, 7) is 0. The zero-order valence-electron chi connectivity index (χ0n) is 10.7. The lowest BCUT2D eigenvalue weighted by molar-refractivity contribution is 0.0686. The molecule has 5 nitrogen and oxygen atoms in total. The molecule has 0 aliphatic rings. The van der Waals surface area contributed by atoms with Crippen LogP contribution < -0.4 is 10.5 Å². The lowest BCUT2D eigenvalue weighted by Crippen LogP contribution is -2.10. The summed E-state index contributed by atoms with van der Waals surface area (Å²) in [5.41, 5.74) is 4.65. The number of benzene rings is 1. The largest absolute Gasteiger partial charge is 0.492 e. The van der Waals surface area contributed by atoms with Crippen molar-refractivity contribution >= 4 is 34.9 Å². The smallest absolute Gasteiger partial charge is 0.358 e. The summed E-state index contributed by atoms with van der Waals surface area (Å²) in [7, 11) is 1.18. The number of hydrogen-bond donors (Lipinski definition) is 2. The molecule has 2 aromatic rings. The van der Waals surface area contributed by atoms with Crippen LogP contribution in [0.2, 0.25) is 10.0 Å². The van der Waals surface area contributed by atoms with Crippen molar-refractivity contribution < 1.29 is 19.0 Å². The van der Waals surface area contributed by atoms with Gasteiger partial charge in [-0.1, -0.05) is 29.3 Å². The van der Waals surface area contributed by atoms with Gasteiger partial charge in [-0.25, -0.2) is 14.2 Å². The molecular formula is C13H9Cl2FN2O3. The van der Waals surface area contributed by atoms with Crippen LogP contribution in [0.3, 0.4) is 0 Å². The summed E-state index contributed by atoms with van der Waals surface area (Å²) >= 11 is 11.6. The Kier molecular flexibility index (Phi) is 4.20. The molecule has 0 saturated heterocycles. The fourth-order valence-corrected chi connectivity index (χ4v) is 2.05. The van der Waals surface area contributed by atoms with Crippen molar-refractivity contribution in [1.29, 1.82) is 0 Å². The van der Waals surface area contributed by atoms with E-state index in [1.807, 2.05) is 0 Å². The highest BCUT2D eigenvalue weighted by molar-refractivity contribution is 6.42. The molecule has 0 unspecified atom stereocenters. The second kappa shape index (κ2) is 5.75. The zero-order valence-corrected chi connectivity index (χ0v) is 12.2. The van der Waals surface area contributed by atoms with Gasteiger partial charge in [0.05, 0.1) is 17.2 Å². The van der Waals surface area contributed by atoms with Crippen LogP contribution in [0.4, 0.5) is 10.1 Å². The van der Waals surface area contributed by atoms with E-state index in [-0.39, 0.29) is 27.1 Å². The SMILES string of the molecule is COc1c(C(=O)O)nc(-c2ccc(Cl)c(Cl)c2)c(F)c1N.